The lowest BCUT2D eigenvalue weighted by Gasteiger charge is -2.04. The Hall–Kier alpha value is -1.89. The summed E-state index contributed by atoms with van der Waals surface area (Å²) in [6.45, 7) is 0.0552. The maximum atomic E-state index is 11.7. The van der Waals surface area contributed by atoms with Gasteiger partial charge in [-0.3, -0.25) is 4.79 Å². The zero-order valence-electron chi connectivity index (χ0n) is 8.80. The zero-order chi connectivity index (χ0) is 12.3. The van der Waals surface area contributed by atoms with Crippen LogP contribution in [0.3, 0.4) is 0 Å². The minimum Gasteiger partial charge on any atom is -0.366 e. The van der Waals surface area contributed by atoms with E-state index < -0.39 is 0 Å². The number of aromatic nitrogens is 3. The fourth-order valence-electron chi connectivity index (χ4n) is 1.30. The highest BCUT2D eigenvalue weighted by Crippen LogP contribution is 2.09. The highest BCUT2D eigenvalue weighted by molar-refractivity contribution is 9.10. The van der Waals surface area contributed by atoms with E-state index in [4.69, 9.17) is 5.73 Å². The largest absolute Gasteiger partial charge is 0.366 e. The van der Waals surface area contributed by atoms with Gasteiger partial charge in [0.05, 0.1) is 0 Å². The quantitative estimate of drug-likeness (QED) is 0.893. The van der Waals surface area contributed by atoms with Crippen LogP contribution in [0.5, 0.6) is 0 Å². The van der Waals surface area contributed by atoms with Gasteiger partial charge < -0.3 is 11.1 Å². The maximum absolute atomic E-state index is 11.7. The molecule has 3 N–H and O–H groups in total. The van der Waals surface area contributed by atoms with Gasteiger partial charge in [-0.25, -0.2) is 4.68 Å². The number of nitrogen functional groups attached to an aromatic ring is 1. The van der Waals surface area contributed by atoms with Gasteiger partial charge in [0, 0.05) is 5.69 Å². The molecule has 0 saturated heterocycles. The van der Waals surface area contributed by atoms with Crippen LogP contribution in [-0.4, -0.2) is 20.7 Å². The average Bonchev–Trinajstić information content (AvgIpc) is 2.58. The number of anilines is 2. The van der Waals surface area contributed by atoms with Crippen LogP contribution >= 0.6 is 15.9 Å². The molecule has 0 saturated carbocycles. The number of rotatable bonds is 3. The third kappa shape index (κ3) is 3.04. The molecule has 2 rings (SSSR count). The number of benzene rings is 1. The van der Waals surface area contributed by atoms with Crippen LogP contribution in [0.25, 0.3) is 0 Å². The lowest BCUT2D eigenvalue weighted by atomic mass is 10.3. The number of para-hydroxylation sites is 1. The van der Waals surface area contributed by atoms with Crippen molar-refractivity contribution in [2.45, 2.75) is 6.54 Å². The minimum absolute atomic E-state index is 0.0552. The third-order valence-electron chi connectivity index (χ3n) is 1.99. The molecule has 0 atom stereocenters. The Morgan fingerprint density at radius 1 is 1.41 bits per heavy atom. The van der Waals surface area contributed by atoms with Crippen LogP contribution in [0, 0.1) is 0 Å². The first-order valence-electron chi connectivity index (χ1n) is 4.86. The van der Waals surface area contributed by atoms with E-state index in [9.17, 15) is 4.79 Å². The Morgan fingerprint density at radius 2 is 2.12 bits per heavy atom. The van der Waals surface area contributed by atoms with Crippen molar-refractivity contribution in [2.24, 2.45) is 0 Å². The lowest BCUT2D eigenvalue weighted by Crippen LogP contribution is -2.19. The van der Waals surface area contributed by atoms with Crippen LogP contribution in [-0.2, 0) is 11.3 Å². The molecular formula is C10H10BrN5O. The van der Waals surface area contributed by atoms with E-state index in [-0.39, 0.29) is 18.4 Å². The second kappa shape index (κ2) is 4.96. The number of hydrogen-bond acceptors (Lipinski definition) is 4. The van der Waals surface area contributed by atoms with Crippen LogP contribution in [0.2, 0.25) is 0 Å². The smallest absolute Gasteiger partial charge is 0.246 e. The molecule has 7 heteroatoms. The van der Waals surface area contributed by atoms with Gasteiger partial charge >= 0.3 is 0 Å². The molecule has 0 unspecified atom stereocenters. The van der Waals surface area contributed by atoms with Gasteiger partial charge in [-0.2, -0.15) is 4.98 Å². The van der Waals surface area contributed by atoms with E-state index in [0.717, 1.165) is 5.69 Å². The molecule has 17 heavy (non-hydrogen) atoms. The van der Waals surface area contributed by atoms with Crippen molar-refractivity contribution in [3.8, 4) is 0 Å². The molecule has 0 radical (unpaired) electrons. The van der Waals surface area contributed by atoms with Crippen molar-refractivity contribution in [1.29, 1.82) is 0 Å². The molecule has 0 bridgehead atoms. The molecule has 0 aliphatic carbocycles. The van der Waals surface area contributed by atoms with Crippen molar-refractivity contribution in [3.05, 3.63) is 35.1 Å². The predicted molar refractivity (Wildman–Crippen MR) is 67.2 cm³/mol. The second-order valence-electron chi connectivity index (χ2n) is 3.31. The van der Waals surface area contributed by atoms with Crippen LogP contribution in [0.1, 0.15) is 0 Å². The number of carbonyl (C=O) groups excluding carboxylic acids is 1. The average molecular weight is 296 g/mol. The van der Waals surface area contributed by atoms with Crippen molar-refractivity contribution in [1.82, 2.24) is 14.8 Å². The monoisotopic (exact) mass is 295 g/mol. The zero-order valence-corrected chi connectivity index (χ0v) is 10.4. The molecule has 0 aliphatic heterocycles. The Bertz CT molecular complexity index is 525. The summed E-state index contributed by atoms with van der Waals surface area (Å²) in [5.41, 5.74) is 6.14. The minimum atomic E-state index is -0.193. The second-order valence-corrected chi connectivity index (χ2v) is 4.02. The number of nitrogens with zero attached hydrogens (tertiary/aromatic N) is 3. The number of halogens is 1. The predicted octanol–water partition coefficient (Wildman–Crippen LogP) is 1.26. The lowest BCUT2D eigenvalue weighted by molar-refractivity contribution is -0.116. The summed E-state index contributed by atoms with van der Waals surface area (Å²) in [5.74, 6) is -0.0637. The van der Waals surface area contributed by atoms with Gasteiger partial charge in [-0.15, -0.1) is 5.10 Å². The fourth-order valence-corrected chi connectivity index (χ4v) is 1.68. The van der Waals surface area contributed by atoms with Crippen molar-refractivity contribution in [2.75, 3.05) is 11.1 Å². The Morgan fingerprint density at radius 3 is 2.71 bits per heavy atom. The summed E-state index contributed by atoms with van der Waals surface area (Å²) >= 11 is 3.16. The Labute approximate surface area is 106 Å². The van der Waals surface area contributed by atoms with E-state index in [1.54, 1.807) is 0 Å². The summed E-state index contributed by atoms with van der Waals surface area (Å²) in [5, 5.41) is 6.61. The van der Waals surface area contributed by atoms with Crippen molar-refractivity contribution in [3.63, 3.8) is 0 Å². The summed E-state index contributed by atoms with van der Waals surface area (Å²) < 4.78 is 1.81. The highest BCUT2D eigenvalue weighted by Gasteiger charge is 2.09. The first-order valence-corrected chi connectivity index (χ1v) is 5.65. The molecule has 1 heterocycles. The van der Waals surface area contributed by atoms with Gasteiger partial charge in [0.25, 0.3) is 0 Å². The fraction of sp³-hybridized carbons (Fsp3) is 0.100. The Kier molecular flexibility index (Phi) is 3.38. The third-order valence-corrected chi connectivity index (χ3v) is 2.58. The van der Waals surface area contributed by atoms with Gasteiger partial charge in [-0.05, 0) is 28.1 Å². The SMILES string of the molecule is Nc1nc(Br)n(CC(=O)Nc2ccccc2)n1. The molecule has 0 spiro atoms. The highest BCUT2D eigenvalue weighted by atomic mass is 79.9. The van der Waals surface area contributed by atoms with Crippen LogP contribution < -0.4 is 11.1 Å². The molecule has 1 aromatic carbocycles. The summed E-state index contributed by atoms with van der Waals surface area (Å²) in [6, 6.07) is 9.19. The van der Waals surface area contributed by atoms with Gasteiger partial charge in [0.15, 0.2) is 4.73 Å². The molecule has 88 valence electrons. The summed E-state index contributed by atoms with van der Waals surface area (Å²) in [4.78, 5) is 15.5. The van der Waals surface area contributed by atoms with E-state index >= 15 is 0 Å². The maximum Gasteiger partial charge on any atom is 0.246 e. The number of nitrogens with two attached hydrogens (primary N) is 1. The molecule has 6 nitrogen and oxygen atoms in total. The number of hydrogen-bond donors (Lipinski definition) is 2. The van der Waals surface area contributed by atoms with Gasteiger partial charge in [0.2, 0.25) is 11.9 Å². The summed E-state index contributed by atoms with van der Waals surface area (Å²) in [6.07, 6.45) is 0. The van der Waals surface area contributed by atoms with E-state index in [0.29, 0.717) is 4.73 Å². The van der Waals surface area contributed by atoms with E-state index in [1.807, 2.05) is 30.3 Å². The number of carbonyl (C=O) groups is 1. The van der Waals surface area contributed by atoms with Crippen LogP contribution in [0.4, 0.5) is 11.6 Å². The molecule has 0 aliphatic rings. The van der Waals surface area contributed by atoms with E-state index in [2.05, 4.69) is 31.3 Å². The Balaban J connectivity index is 2.01. The van der Waals surface area contributed by atoms with Crippen LogP contribution in [0.15, 0.2) is 35.1 Å². The first-order chi connectivity index (χ1) is 8.15. The first kappa shape index (κ1) is 11.6. The normalized spacial score (nSPS) is 10.2. The van der Waals surface area contributed by atoms with Gasteiger partial charge in [-0.1, -0.05) is 18.2 Å². The number of amides is 1. The molecular weight excluding hydrogens is 286 g/mol. The van der Waals surface area contributed by atoms with E-state index in [1.165, 1.54) is 4.68 Å². The van der Waals surface area contributed by atoms with Gasteiger partial charge in [0.1, 0.15) is 6.54 Å². The molecule has 1 amide bonds. The number of nitrogens with one attached hydrogen (secondary N) is 1. The standard InChI is InChI=1S/C10H10BrN5O/c11-9-14-10(12)15-16(9)6-8(17)13-7-4-2-1-3-5-7/h1-5H,6H2,(H2,12,15)(H,13,17). The van der Waals surface area contributed by atoms with Crippen molar-refractivity contribution >= 4 is 33.5 Å². The topological polar surface area (TPSA) is 85.8 Å². The molecule has 2 aromatic rings. The van der Waals surface area contributed by atoms with Crippen molar-refractivity contribution < 1.29 is 4.79 Å². The molecule has 0 fully saturated rings. The molecule has 1 aromatic heterocycles. The summed E-state index contributed by atoms with van der Waals surface area (Å²) in [7, 11) is 0.